The average Bonchev–Trinajstić information content (AvgIpc) is 3.10. The highest BCUT2D eigenvalue weighted by atomic mass is 15.0. The fourth-order valence-electron chi connectivity index (χ4n) is 3.36. The SMILES string of the molecule is Cc1ccc(C2CC(NCC3(C(C)C)CC3)C2)cc1. The minimum atomic E-state index is 0.648. The predicted molar refractivity (Wildman–Crippen MR) is 81.4 cm³/mol. The van der Waals surface area contributed by atoms with Crippen LogP contribution in [0.1, 0.15) is 56.6 Å². The lowest BCUT2D eigenvalue weighted by molar-refractivity contribution is 0.247. The second kappa shape index (κ2) is 4.94. The Morgan fingerprint density at radius 2 is 1.79 bits per heavy atom. The molecular formula is C18H27N. The van der Waals surface area contributed by atoms with Crippen molar-refractivity contribution in [1.82, 2.24) is 5.32 Å². The van der Waals surface area contributed by atoms with E-state index >= 15 is 0 Å². The summed E-state index contributed by atoms with van der Waals surface area (Å²) in [6.07, 6.45) is 5.53. The summed E-state index contributed by atoms with van der Waals surface area (Å²) in [6.45, 7) is 8.17. The van der Waals surface area contributed by atoms with E-state index in [1.807, 2.05) is 0 Å². The molecule has 0 radical (unpaired) electrons. The zero-order valence-corrected chi connectivity index (χ0v) is 12.6. The van der Waals surface area contributed by atoms with E-state index in [0.29, 0.717) is 5.41 Å². The van der Waals surface area contributed by atoms with Crippen LogP contribution in [0.2, 0.25) is 0 Å². The molecule has 0 bridgehead atoms. The Hall–Kier alpha value is -0.820. The lowest BCUT2D eigenvalue weighted by atomic mass is 9.75. The van der Waals surface area contributed by atoms with E-state index < -0.39 is 0 Å². The quantitative estimate of drug-likeness (QED) is 0.830. The van der Waals surface area contributed by atoms with Gasteiger partial charge in [0.15, 0.2) is 0 Å². The van der Waals surface area contributed by atoms with Crippen LogP contribution in [-0.4, -0.2) is 12.6 Å². The van der Waals surface area contributed by atoms with Crippen LogP contribution in [0.15, 0.2) is 24.3 Å². The Labute approximate surface area is 117 Å². The zero-order chi connectivity index (χ0) is 13.5. The predicted octanol–water partition coefficient (Wildman–Crippen LogP) is 4.27. The summed E-state index contributed by atoms with van der Waals surface area (Å²) in [5, 5.41) is 3.81. The van der Waals surface area contributed by atoms with Gasteiger partial charge in [-0.2, -0.15) is 0 Å². The molecule has 19 heavy (non-hydrogen) atoms. The van der Waals surface area contributed by atoms with Crippen molar-refractivity contribution in [3.05, 3.63) is 35.4 Å². The van der Waals surface area contributed by atoms with E-state index in [0.717, 1.165) is 17.9 Å². The largest absolute Gasteiger partial charge is 0.313 e. The van der Waals surface area contributed by atoms with E-state index in [4.69, 9.17) is 0 Å². The fourth-order valence-corrected chi connectivity index (χ4v) is 3.36. The first-order valence-electron chi connectivity index (χ1n) is 7.89. The van der Waals surface area contributed by atoms with Gasteiger partial charge in [-0.15, -0.1) is 0 Å². The Morgan fingerprint density at radius 1 is 1.16 bits per heavy atom. The molecule has 0 saturated heterocycles. The van der Waals surface area contributed by atoms with Crippen molar-refractivity contribution in [2.75, 3.05) is 6.54 Å². The molecule has 2 fully saturated rings. The molecule has 2 aliphatic carbocycles. The van der Waals surface area contributed by atoms with E-state index in [-0.39, 0.29) is 0 Å². The van der Waals surface area contributed by atoms with Crippen LogP contribution in [0.5, 0.6) is 0 Å². The molecule has 0 aliphatic heterocycles. The summed E-state index contributed by atoms with van der Waals surface area (Å²) in [5.74, 6) is 1.64. The van der Waals surface area contributed by atoms with Crippen LogP contribution >= 0.6 is 0 Å². The molecule has 0 aromatic heterocycles. The van der Waals surface area contributed by atoms with Crippen molar-refractivity contribution in [3.63, 3.8) is 0 Å². The van der Waals surface area contributed by atoms with E-state index in [1.165, 1.54) is 43.4 Å². The third kappa shape index (κ3) is 2.72. The molecule has 0 heterocycles. The molecule has 1 aromatic rings. The van der Waals surface area contributed by atoms with Gasteiger partial charge in [0.05, 0.1) is 0 Å². The highest BCUT2D eigenvalue weighted by Gasteiger charge is 2.45. The summed E-state index contributed by atoms with van der Waals surface area (Å²) in [6, 6.07) is 9.88. The van der Waals surface area contributed by atoms with Crippen molar-refractivity contribution in [1.29, 1.82) is 0 Å². The molecule has 104 valence electrons. The van der Waals surface area contributed by atoms with Gasteiger partial charge in [0, 0.05) is 12.6 Å². The van der Waals surface area contributed by atoms with Gasteiger partial charge in [-0.25, -0.2) is 0 Å². The maximum absolute atomic E-state index is 3.81. The number of nitrogens with one attached hydrogen (secondary N) is 1. The number of aryl methyl sites for hydroxylation is 1. The van der Waals surface area contributed by atoms with Gasteiger partial charge >= 0.3 is 0 Å². The maximum Gasteiger partial charge on any atom is 0.00789 e. The van der Waals surface area contributed by atoms with Gasteiger partial charge < -0.3 is 5.32 Å². The minimum absolute atomic E-state index is 0.648. The van der Waals surface area contributed by atoms with Gasteiger partial charge in [0.2, 0.25) is 0 Å². The Bertz CT molecular complexity index is 422. The monoisotopic (exact) mass is 257 g/mol. The first-order chi connectivity index (χ1) is 9.09. The van der Waals surface area contributed by atoms with Gasteiger partial charge in [0.1, 0.15) is 0 Å². The molecule has 2 saturated carbocycles. The third-order valence-corrected chi connectivity index (χ3v) is 5.55. The van der Waals surface area contributed by atoms with Crippen molar-refractivity contribution in [3.8, 4) is 0 Å². The highest BCUT2D eigenvalue weighted by molar-refractivity contribution is 5.26. The number of benzene rings is 1. The summed E-state index contributed by atoms with van der Waals surface area (Å²) < 4.78 is 0. The van der Waals surface area contributed by atoms with Gasteiger partial charge in [-0.05, 0) is 55.4 Å². The molecular weight excluding hydrogens is 230 g/mol. The standard InChI is InChI=1S/C18H27N/c1-13(2)18(8-9-18)12-19-17-10-16(11-17)15-6-4-14(3)5-7-15/h4-7,13,16-17,19H,8-12H2,1-3H3. The summed E-state index contributed by atoms with van der Waals surface area (Å²) in [7, 11) is 0. The third-order valence-electron chi connectivity index (χ3n) is 5.55. The van der Waals surface area contributed by atoms with Gasteiger partial charge in [0.25, 0.3) is 0 Å². The zero-order valence-electron chi connectivity index (χ0n) is 12.6. The summed E-state index contributed by atoms with van der Waals surface area (Å²) >= 11 is 0. The first kappa shape index (κ1) is 13.2. The van der Waals surface area contributed by atoms with Crippen LogP contribution in [0.3, 0.4) is 0 Å². The molecule has 1 aromatic carbocycles. The lowest BCUT2D eigenvalue weighted by Crippen LogP contribution is -2.43. The molecule has 0 unspecified atom stereocenters. The van der Waals surface area contributed by atoms with Crippen molar-refractivity contribution in [2.24, 2.45) is 11.3 Å². The minimum Gasteiger partial charge on any atom is -0.313 e. The van der Waals surface area contributed by atoms with Crippen LogP contribution < -0.4 is 5.32 Å². The molecule has 1 heteroatoms. The fraction of sp³-hybridized carbons (Fsp3) is 0.667. The molecule has 0 atom stereocenters. The number of hydrogen-bond donors (Lipinski definition) is 1. The Kier molecular flexibility index (Phi) is 3.42. The smallest absolute Gasteiger partial charge is 0.00789 e. The average molecular weight is 257 g/mol. The van der Waals surface area contributed by atoms with Crippen molar-refractivity contribution in [2.45, 2.75) is 58.4 Å². The molecule has 0 spiro atoms. The number of hydrogen-bond acceptors (Lipinski definition) is 1. The van der Waals surface area contributed by atoms with Gasteiger partial charge in [-0.1, -0.05) is 43.7 Å². The van der Waals surface area contributed by atoms with E-state index in [1.54, 1.807) is 0 Å². The second-order valence-corrected chi connectivity index (χ2v) is 7.17. The van der Waals surface area contributed by atoms with Crippen LogP contribution in [0, 0.1) is 18.3 Å². The summed E-state index contributed by atoms with van der Waals surface area (Å²) in [5.41, 5.74) is 3.55. The Balaban J connectivity index is 1.44. The highest BCUT2D eigenvalue weighted by Crippen LogP contribution is 2.51. The molecule has 3 rings (SSSR count). The van der Waals surface area contributed by atoms with E-state index in [2.05, 4.69) is 50.4 Å². The molecule has 2 aliphatic rings. The van der Waals surface area contributed by atoms with Crippen molar-refractivity contribution >= 4 is 0 Å². The lowest BCUT2D eigenvalue weighted by Gasteiger charge is -2.38. The van der Waals surface area contributed by atoms with Crippen LogP contribution in [-0.2, 0) is 0 Å². The van der Waals surface area contributed by atoms with Gasteiger partial charge in [-0.3, -0.25) is 0 Å². The van der Waals surface area contributed by atoms with Crippen molar-refractivity contribution < 1.29 is 0 Å². The Morgan fingerprint density at radius 3 is 2.32 bits per heavy atom. The maximum atomic E-state index is 3.81. The van der Waals surface area contributed by atoms with Crippen LogP contribution in [0.4, 0.5) is 0 Å². The normalized spacial score (nSPS) is 28.2. The molecule has 0 amide bonds. The van der Waals surface area contributed by atoms with E-state index in [9.17, 15) is 0 Å². The molecule has 1 nitrogen and oxygen atoms in total. The second-order valence-electron chi connectivity index (χ2n) is 7.17. The molecule has 1 N–H and O–H groups in total. The topological polar surface area (TPSA) is 12.0 Å². The van der Waals surface area contributed by atoms with Crippen LogP contribution in [0.25, 0.3) is 0 Å². The number of rotatable bonds is 5. The first-order valence-corrected chi connectivity index (χ1v) is 7.89. The summed E-state index contributed by atoms with van der Waals surface area (Å²) in [4.78, 5) is 0.